The maximum Gasteiger partial charge on any atom is 0.341 e. The van der Waals surface area contributed by atoms with Crippen LogP contribution < -0.4 is 0 Å². The van der Waals surface area contributed by atoms with Crippen molar-refractivity contribution in [3.05, 3.63) is 11.6 Å². The van der Waals surface area contributed by atoms with E-state index in [1.165, 1.54) is 19.3 Å². The van der Waals surface area contributed by atoms with Crippen LogP contribution in [0.25, 0.3) is 0 Å². The van der Waals surface area contributed by atoms with E-state index in [0.717, 1.165) is 24.3 Å². The normalized spacial score (nSPS) is 32.4. The minimum Gasteiger partial charge on any atom is -0.126 e. The molecule has 0 spiro atoms. The molecule has 0 unspecified atom stereocenters. The summed E-state index contributed by atoms with van der Waals surface area (Å²) in [6.45, 7) is 0. The molecule has 0 amide bonds. The van der Waals surface area contributed by atoms with Crippen molar-refractivity contribution in [3.8, 4) is 0 Å². The molecule has 0 nitrogen and oxygen atoms in total. The zero-order valence-electron chi connectivity index (χ0n) is 7.40. The van der Waals surface area contributed by atoms with Gasteiger partial charge >= 0.3 is 6.00 Å². The van der Waals surface area contributed by atoms with Gasteiger partial charge in [-0.25, -0.2) is 0 Å². The van der Waals surface area contributed by atoms with Gasteiger partial charge in [-0.1, -0.05) is 11.6 Å². The Kier molecular flexibility index (Phi) is 3.00. The molecule has 0 aromatic carbocycles. The second kappa shape index (κ2) is 3.77. The summed E-state index contributed by atoms with van der Waals surface area (Å²) in [6.07, 6.45) is 7.59. The van der Waals surface area contributed by atoms with Crippen LogP contribution >= 0.6 is 33.2 Å². The fraction of sp³-hybridized carbons (Fsp3) is 0.778. The molecule has 2 atom stereocenters. The lowest BCUT2D eigenvalue weighted by Gasteiger charge is -2.14. The molecule has 1 fully saturated rings. The van der Waals surface area contributed by atoms with Crippen LogP contribution in [0.1, 0.15) is 25.7 Å². The molecule has 1 saturated carbocycles. The van der Waals surface area contributed by atoms with Crippen molar-refractivity contribution in [2.45, 2.75) is 31.7 Å². The molecule has 2 bridgehead atoms. The molecule has 0 N–H and O–H groups in total. The average Bonchev–Trinajstić information content (AvgIpc) is 2.58. The summed E-state index contributed by atoms with van der Waals surface area (Å²) in [5.74, 6) is 1.70. The summed E-state index contributed by atoms with van der Waals surface area (Å²) in [4.78, 5) is 0. The van der Waals surface area contributed by atoms with E-state index < -0.39 is 6.00 Å². The quantitative estimate of drug-likeness (QED) is 0.399. The summed E-state index contributed by atoms with van der Waals surface area (Å²) in [5.41, 5.74) is 1.58. The Morgan fingerprint density at radius 1 is 1.31 bits per heavy atom. The lowest BCUT2D eigenvalue weighted by Crippen LogP contribution is -2.10. The van der Waals surface area contributed by atoms with E-state index in [1.807, 2.05) is 0 Å². The molecule has 0 radical (unpaired) electrons. The summed E-state index contributed by atoms with van der Waals surface area (Å²) in [7, 11) is 0. The molecular formula is C9H13Cl3Si. The van der Waals surface area contributed by atoms with Crippen LogP contribution in [0.3, 0.4) is 0 Å². The van der Waals surface area contributed by atoms with E-state index >= 15 is 0 Å². The first-order valence-electron chi connectivity index (χ1n) is 4.82. The van der Waals surface area contributed by atoms with Crippen molar-refractivity contribution >= 4 is 39.2 Å². The number of hydrogen-bond acceptors (Lipinski definition) is 0. The first kappa shape index (κ1) is 10.3. The Morgan fingerprint density at radius 3 is 2.54 bits per heavy atom. The van der Waals surface area contributed by atoms with Gasteiger partial charge < -0.3 is 0 Å². The number of allylic oxidation sites excluding steroid dienone is 2. The second-order valence-corrected chi connectivity index (χ2v) is 13.4. The predicted molar refractivity (Wildman–Crippen MR) is 61.7 cm³/mol. The topological polar surface area (TPSA) is 0 Å². The van der Waals surface area contributed by atoms with Crippen LogP contribution in [0, 0.1) is 11.8 Å². The molecule has 74 valence electrons. The highest BCUT2D eigenvalue weighted by molar-refractivity contribution is 7.64. The van der Waals surface area contributed by atoms with E-state index in [9.17, 15) is 0 Å². The van der Waals surface area contributed by atoms with E-state index in [4.69, 9.17) is 33.2 Å². The molecule has 2 aliphatic carbocycles. The van der Waals surface area contributed by atoms with Crippen molar-refractivity contribution in [2.24, 2.45) is 11.8 Å². The van der Waals surface area contributed by atoms with E-state index in [1.54, 1.807) is 5.57 Å². The largest absolute Gasteiger partial charge is 0.341 e. The molecule has 13 heavy (non-hydrogen) atoms. The Labute approximate surface area is 94.4 Å². The van der Waals surface area contributed by atoms with Gasteiger partial charge in [0.1, 0.15) is 0 Å². The third-order valence-electron chi connectivity index (χ3n) is 3.14. The Bertz CT molecular complexity index is 232. The fourth-order valence-corrected chi connectivity index (χ4v) is 3.94. The Balaban J connectivity index is 1.87. The zero-order chi connectivity index (χ0) is 9.47. The minimum absolute atomic E-state index is 0.798. The lowest BCUT2D eigenvalue weighted by atomic mass is 9.97. The van der Waals surface area contributed by atoms with Crippen molar-refractivity contribution in [2.75, 3.05) is 0 Å². The molecular weight excluding hydrogens is 243 g/mol. The van der Waals surface area contributed by atoms with Crippen molar-refractivity contribution in [1.29, 1.82) is 0 Å². The zero-order valence-corrected chi connectivity index (χ0v) is 10.7. The monoisotopic (exact) mass is 254 g/mol. The van der Waals surface area contributed by atoms with Gasteiger partial charge in [0.2, 0.25) is 0 Å². The van der Waals surface area contributed by atoms with Crippen molar-refractivity contribution < 1.29 is 0 Å². The van der Waals surface area contributed by atoms with Gasteiger partial charge in [-0.3, -0.25) is 0 Å². The average molecular weight is 256 g/mol. The predicted octanol–water partition coefficient (Wildman–Crippen LogP) is 4.39. The number of halogens is 3. The first-order valence-corrected chi connectivity index (χ1v) is 10.1. The van der Waals surface area contributed by atoms with Gasteiger partial charge in [0.25, 0.3) is 0 Å². The summed E-state index contributed by atoms with van der Waals surface area (Å²) < 4.78 is 0. The van der Waals surface area contributed by atoms with E-state index in [2.05, 4.69) is 6.08 Å². The van der Waals surface area contributed by atoms with Crippen LogP contribution in [0.15, 0.2) is 11.6 Å². The number of rotatable bonds is 3. The maximum absolute atomic E-state index is 5.86. The third-order valence-corrected chi connectivity index (χ3v) is 5.66. The standard InChI is InChI=1S/C9H13Cl3Si/c10-13(11,12)4-3-9-6-7-1-2-8(9)5-7/h6-8H,1-5H2/t7-,8+/m1/s1. The van der Waals surface area contributed by atoms with Crippen LogP contribution in [0.4, 0.5) is 0 Å². The van der Waals surface area contributed by atoms with Crippen LogP contribution in [0.2, 0.25) is 6.04 Å². The van der Waals surface area contributed by atoms with E-state index in [0.29, 0.717) is 0 Å². The maximum atomic E-state index is 5.86. The highest BCUT2D eigenvalue weighted by Gasteiger charge is 2.34. The van der Waals surface area contributed by atoms with E-state index in [-0.39, 0.29) is 0 Å². The van der Waals surface area contributed by atoms with Gasteiger partial charge in [0, 0.05) is 0 Å². The van der Waals surface area contributed by atoms with Gasteiger partial charge in [-0.05, 0) is 43.6 Å². The second-order valence-electron chi connectivity index (χ2n) is 4.13. The molecule has 4 heteroatoms. The molecule has 0 heterocycles. The molecule has 0 aromatic rings. The summed E-state index contributed by atoms with van der Waals surface area (Å²) >= 11 is 17.6. The Morgan fingerprint density at radius 2 is 2.08 bits per heavy atom. The van der Waals surface area contributed by atoms with Gasteiger partial charge in [0.15, 0.2) is 0 Å². The van der Waals surface area contributed by atoms with Crippen molar-refractivity contribution in [3.63, 3.8) is 0 Å². The van der Waals surface area contributed by atoms with Gasteiger partial charge in [-0.2, -0.15) is 0 Å². The minimum atomic E-state index is -2.38. The third kappa shape index (κ3) is 2.65. The highest BCUT2D eigenvalue weighted by atomic mass is 35.8. The fourth-order valence-electron chi connectivity index (χ4n) is 2.52. The smallest absolute Gasteiger partial charge is 0.126 e. The summed E-state index contributed by atoms with van der Waals surface area (Å²) in [6, 6.07) is -1.58. The number of fused-ring (bicyclic) bond motifs is 2. The molecule has 0 aromatic heterocycles. The molecule has 2 rings (SSSR count). The molecule has 0 saturated heterocycles. The van der Waals surface area contributed by atoms with Gasteiger partial charge in [0.05, 0.1) is 0 Å². The highest BCUT2D eigenvalue weighted by Crippen LogP contribution is 2.46. The SMILES string of the molecule is Cl[Si](Cl)(Cl)CCC1=C[C@@H]2CC[C@H]1C2. The molecule has 0 aliphatic heterocycles. The van der Waals surface area contributed by atoms with Crippen LogP contribution in [0.5, 0.6) is 0 Å². The van der Waals surface area contributed by atoms with Gasteiger partial charge in [-0.15, -0.1) is 33.2 Å². The lowest BCUT2D eigenvalue weighted by molar-refractivity contribution is 0.635. The van der Waals surface area contributed by atoms with Crippen LogP contribution in [-0.2, 0) is 0 Å². The number of hydrogen-bond donors (Lipinski definition) is 0. The Hall–Kier alpha value is 0.827. The van der Waals surface area contributed by atoms with Crippen LogP contribution in [-0.4, -0.2) is 6.00 Å². The summed E-state index contributed by atoms with van der Waals surface area (Å²) in [5, 5.41) is 0. The molecule has 2 aliphatic rings. The first-order chi connectivity index (χ1) is 6.04. The van der Waals surface area contributed by atoms with Crippen molar-refractivity contribution in [1.82, 2.24) is 0 Å².